The molecule has 1 unspecified atom stereocenters. The average molecular weight is 417 g/mol. The third kappa shape index (κ3) is 3.06. The van der Waals surface area contributed by atoms with Crippen molar-refractivity contribution in [1.82, 2.24) is 0 Å². The van der Waals surface area contributed by atoms with E-state index < -0.39 is 6.10 Å². The van der Waals surface area contributed by atoms with Gasteiger partial charge in [-0.05, 0) is 56.1 Å². The predicted octanol–water partition coefficient (Wildman–Crippen LogP) is 5.66. The monoisotopic (exact) mass is 414 g/mol. The number of hydrogen-bond donors (Lipinski definition) is 1. The number of aliphatic hydroxyl groups excluding tert-OH is 1. The van der Waals surface area contributed by atoms with Gasteiger partial charge < -0.3 is 5.11 Å². The second kappa shape index (κ2) is 5.59. The Morgan fingerprint density at radius 1 is 1.12 bits per heavy atom. The van der Waals surface area contributed by atoms with E-state index >= 15 is 0 Å². The highest BCUT2D eigenvalue weighted by Crippen LogP contribution is 2.39. The van der Waals surface area contributed by atoms with Crippen LogP contribution in [-0.4, -0.2) is 5.11 Å². The molecule has 0 aliphatic heterocycles. The summed E-state index contributed by atoms with van der Waals surface area (Å²) in [6.45, 7) is 0. The molecule has 0 fully saturated rings. The predicted molar refractivity (Wildman–Crippen MR) is 80.2 cm³/mol. The van der Waals surface area contributed by atoms with Crippen LogP contribution in [0, 0.1) is 0 Å². The van der Waals surface area contributed by atoms with Crippen molar-refractivity contribution in [3.05, 3.63) is 53.0 Å². The van der Waals surface area contributed by atoms with E-state index in [0.29, 0.717) is 15.6 Å². The van der Waals surface area contributed by atoms with Gasteiger partial charge in [0.25, 0.3) is 0 Å². The normalized spacial score (nSPS) is 12.8. The first-order valence-corrected chi connectivity index (χ1v) is 7.72. The molecule has 0 amide bonds. The van der Waals surface area contributed by atoms with Crippen molar-refractivity contribution >= 4 is 66.4 Å². The molecule has 0 aliphatic carbocycles. The molecular formula is C11H6Br2Cl2OS. The van der Waals surface area contributed by atoms with Gasteiger partial charge >= 0.3 is 0 Å². The largest absolute Gasteiger partial charge is 0.384 e. The fourth-order valence-corrected chi connectivity index (χ4v) is 4.72. The molecule has 1 aromatic heterocycles. The molecule has 1 heterocycles. The van der Waals surface area contributed by atoms with Crippen LogP contribution >= 0.6 is 66.4 Å². The van der Waals surface area contributed by atoms with Gasteiger partial charge in [0.15, 0.2) is 0 Å². The van der Waals surface area contributed by atoms with Crippen LogP contribution in [0.2, 0.25) is 10.0 Å². The smallest absolute Gasteiger partial charge is 0.107 e. The van der Waals surface area contributed by atoms with Crippen molar-refractivity contribution in [3.63, 3.8) is 0 Å². The van der Waals surface area contributed by atoms with Crippen LogP contribution in [-0.2, 0) is 0 Å². The SMILES string of the molecule is OC(c1cc(Cl)ccc1Cl)c1cc(Br)sc1Br. The molecule has 2 rings (SSSR count). The highest BCUT2D eigenvalue weighted by molar-refractivity contribution is 9.12. The van der Waals surface area contributed by atoms with Gasteiger partial charge in [-0.1, -0.05) is 23.2 Å². The van der Waals surface area contributed by atoms with E-state index in [2.05, 4.69) is 31.9 Å². The maximum Gasteiger partial charge on any atom is 0.107 e. The number of benzene rings is 1. The zero-order valence-corrected chi connectivity index (χ0v) is 13.8. The van der Waals surface area contributed by atoms with Gasteiger partial charge in [0.2, 0.25) is 0 Å². The van der Waals surface area contributed by atoms with Crippen LogP contribution in [0.1, 0.15) is 17.2 Å². The lowest BCUT2D eigenvalue weighted by atomic mass is 10.0. The van der Waals surface area contributed by atoms with Crippen molar-refractivity contribution in [3.8, 4) is 0 Å². The number of halogens is 4. The van der Waals surface area contributed by atoms with Gasteiger partial charge in [0, 0.05) is 21.2 Å². The molecule has 1 nitrogen and oxygen atoms in total. The number of hydrogen-bond acceptors (Lipinski definition) is 2. The molecule has 1 atom stereocenters. The quantitative estimate of drug-likeness (QED) is 0.669. The lowest BCUT2D eigenvalue weighted by molar-refractivity contribution is 0.220. The van der Waals surface area contributed by atoms with E-state index in [9.17, 15) is 5.11 Å². The second-order valence-corrected chi connectivity index (χ2v) is 7.94. The van der Waals surface area contributed by atoms with Crippen molar-refractivity contribution in [2.75, 3.05) is 0 Å². The zero-order chi connectivity index (χ0) is 12.6. The van der Waals surface area contributed by atoms with Crippen molar-refractivity contribution < 1.29 is 5.11 Å². The lowest BCUT2D eigenvalue weighted by Gasteiger charge is -2.12. The Kier molecular flexibility index (Phi) is 4.55. The van der Waals surface area contributed by atoms with Crippen LogP contribution in [0.4, 0.5) is 0 Å². The zero-order valence-electron chi connectivity index (χ0n) is 8.25. The highest BCUT2D eigenvalue weighted by atomic mass is 79.9. The minimum atomic E-state index is -0.793. The minimum Gasteiger partial charge on any atom is -0.384 e. The topological polar surface area (TPSA) is 20.2 Å². The molecule has 1 aromatic carbocycles. The van der Waals surface area contributed by atoms with Crippen molar-refractivity contribution in [1.29, 1.82) is 0 Å². The molecule has 0 radical (unpaired) electrons. The molecule has 0 bridgehead atoms. The summed E-state index contributed by atoms with van der Waals surface area (Å²) in [7, 11) is 0. The first-order chi connectivity index (χ1) is 7.99. The Morgan fingerprint density at radius 2 is 1.82 bits per heavy atom. The van der Waals surface area contributed by atoms with Crippen LogP contribution < -0.4 is 0 Å². The van der Waals surface area contributed by atoms with E-state index in [4.69, 9.17) is 23.2 Å². The lowest BCUT2D eigenvalue weighted by Crippen LogP contribution is -1.99. The van der Waals surface area contributed by atoms with Gasteiger partial charge in [-0.2, -0.15) is 0 Å². The molecule has 17 heavy (non-hydrogen) atoms. The van der Waals surface area contributed by atoms with Crippen LogP contribution in [0.3, 0.4) is 0 Å². The first kappa shape index (κ1) is 13.8. The standard InChI is InChI=1S/C11H6Br2Cl2OS/c12-9-4-7(11(13)17-9)10(16)6-3-5(14)1-2-8(6)15/h1-4,10,16H. The summed E-state index contributed by atoms with van der Waals surface area (Å²) < 4.78 is 1.81. The van der Waals surface area contributed by atoms with E-state index in [-0.39, 0.29) is 0 Å². The van der Waals surface area contributed by atoms with Gasteiger partial charge in [-0.25, -0.2) is 0 Å². The Bertz CT molecular complexity index is 556. The summed E-state index contributed by atoms with van der Waals surface area (Å²) in [5.41, 5.74) is 1.37. The average Bonchev–Trinajstić information content (AvgIpc) is 2.60. The maximum atomic E-state index is 10.3. The van der Waals surface area contributed by atoms with Crippen LogP contribution in [0.5, 0.6) is 0 Å². The summed E-state index contributed by atoms with van der Waals surface area (Å²) >= 11 is 20.2. The molecular weight excluding hydrogens is 411 g/mol. The minimum absolute atomic E-state index is 0.496. The fraction of sp³-hybridized carbons (Fsp3) is 0.0909. The van der Waals surface area contributed by atoms with Crippen LogP contribution in [0.15, 0.2) is 31.8 Å². The van der Waals surface area contributed by atoms with Crippen molar-refractivity contribution in [2.24, 2.45) is 0 Å². The van der Waals surface area contributed by atoms with Gasteiger partial charge in [0.1, 0.15) is 6.10 Å². The van der Waals surface area contributed by atoms with Gasteiger partial charge in [0.05, 0.1) is 7.57 Å². The summed E-state index contributed by atoms with van der Waals surface area (Å²) in [4.78, 5) is 0. The number of aliphatic hydroxyl groups is 1. The van der Waals surface area contributed by atoms with E-state index in [1.807, 2.05) is 6.07 Å². The molecule has 0 saturated heterocycles. The third-order valence-corrected chi connectivity index (χ3v) is 5.20. The Balaban J connectivity index is 2.46. The molecule has 0 spiro atoms. The third-order valence-electron chi connectivity index (χ3n) is 2.23. The van der Waals surface area contributed by atoms with E-state index in [0.717, 1.165) is 13.1 Å². The summed E-state index contributed by atoms with van der Waals surface area (Å²) in [5, 5.41) is 11.4. The highest BCUT2D eigenvalue weighted by Gasteiger charge is 2.19. The molecule has 1 N–H and O–H groups in total. The molecule has 6 heteroatoms. The fourth-order valence-electron chi connectivity index (χ4n) is 1.43. The van der Waals surface area contributed by atoms with Crippen molar-refractivity contribution in [2.45, 2.75) is 6.10 Å². The van der Waals surface area contributed by atoms with Gasteiger partial charge in [-0.15, -0.1) is 11.3 Å². The Morgan fingerprint density at radius 3 is 2.41 bits per heavy atom. The van der Waals surface area contributed by atoms with Crippen LogP contribution in [0.25, 0.3) is 0 Å². The molecule has 0 aliphatic rings. The van der Waals surface area contributed by atoms with E-state index in [1.54, 1.807) is 18.2 Å². The molecule has 0 saturated carbocycles. The Hall–Kier alpha value is 0.420. The van der Waals surface area contributed by atoms with E-state index in [1.165, 1.54) is 11.3 Å². The number of rotatable bonds is 2. The number of thiophene rings is 1. The van der Waals surface area contributed by atoms with Gasteiger partial charge in [-0.3, -0.25) is 0 Å². The second-order valence-electron chi connectivity index (χ2n) is 3.35. The summed E-state index contributed by atoms with van der Waals surface area (Å²) in [6, 6.07) is 6.90. The maximum absolute atomic E-state index is 10.3. The summed E-state index contributed by atoms with van der Waals surface area (Å²) in [5.74, 6) is 0. The molecule has 2 aromatic rings. The summed E-state index contributed by atoms with van der Waals surface area (Å²) in [6.07, 6.45) is -0.793. The molecule has 90 valence electrons. The first-order valence-electron chi connectivity index (χ1n) is 4.57. The Labute approximate surface area is 130 Å².